The van der Waals surface area contributed by atoms with Crippen molar-refractivity contribution < 1.29 is 36.3 Å². The number of amides is 1. The van der Waals surface area contributed by atoms with Crippen molar-refractivity contribution in [2.24, 2.45) is 5.73 Å². The first-order chi connectivity index (χ1) is 19.2. The number of aromatic nitrogens is 3. The summed E-state index contributed by atoms with van der Waals surface area (Å²) in [5, 5.41) is 16.6. The van der Waals surface area contributed by atoms with E-state index in [1.54, 1.807) is 0 Å². The molecule has 222 valence electrons. The number of nitrogens with zero attached hydrogens (tertiary/aromatic N) is 5. The van der Waals surface area contributed by atoms with Crippen LogP contribution in [0.25, 0.3) is 0 Å². The van der Waals surface area contributed by atoms with E-state index in [9.17, 15) is 36.3 Å². The molecule has 0 spiro atoms. The average molecular weight is 597 g/mol. The van der Waals surface area contributed by atoms with E-state index in [0.29, 0.717) is 28.9 Å². The highest BCUT2D eigenvalue weighted by molar-refractivity contribution is 7.89. The molecule has 2 heterocycles. The zero-order valence-corrected chi connectivity index (χ0v) is 23.2. The molecular weight excluding hydrogens is 565 g/mol. The number of aliphatic carboxylic acids is 1. The van der Waals surface area contributed by atoms with Crippen molar-refractivity contribution in [3.63, 3.8) is 0 Å². The van der Waals surface area contributed by atoms with Crippen LogP contribution in [0.2, 0.25) is 0 Å². The average Bonchev–Trinajstić information content (AvgIpc) is 3.45. The molecule has 4 rings (SSSR count). The second-order valence-electron chi connectivity index (χ2n) is 9.57. The molecule has 2 aromatic carbocycles. The van der Waals surface area contributed by atoms with E-state index in [1.807, 2.05) is 0 Å². The molecule has 0 bridgehead atoms. The van der Waals surface area contributed by atoms with Crippen molar-refractivity contribution in [1.82, 2.24) is 24.0 Å². The van der Waals surface area contributed by atoms with E-state index in [4.69, 9.17) is 5.73 Å². The number of hydrogen-bond acceptors (Lipinski definition) is 7. The van der Waals surface area contributed by atoms with Gasteiger partial charge in [-0.25, -0.2) is 8.42 Å². The highest BCUT2D eigenvalue weighted by Crippen LogP contribution is 2.31. The fourth-order valence-corrected chi connectivity index (χ4v) is 5.60. The molecule has 11 nitrogen and oxygen atoms in total. The normalized spacial score (nSPS) is 16.3. The molecule has 1 atom stereocenters. The summed E-state index contributed by atoms with van der Waals surface area (Å²) in [6, 6.07) is 9.67. The molecule has 0 aliphatic carbocycles. The monoisotopic (exact) mass is 596 g/mol. The highest BCUT2D eigenvalue weighted by atomic mass is 32.2. The number of halogens is 3. The van der Waals surface area contributed by atoms with Crippen LogP contribution in [0.15, 0.2) is 66.1 Å². The number of rotatable bonds is 7. The van der Waals surface area contributed by atoms with Gasteiger partial charge in [-0.1, -0.05) is 38.1 Å². The molecule has 1 aliphatic heterocycles. The van der Waals surface area contributed by atoms with E-state index in [0.717, 1.165) is 12.1 Å². The Balaban J connectivity index is 0.000000352. The van der Waals surface area contributed by atoms with Crippen LogP contribution in [0.1, 0.15) is 36.5 Å². The quantitative estimate of drug-likeness (QED) is 0.422. The lowest BCUT2D eigenvalue weighted by Crippen LogP contribution is -2.59. The van der Waals surface area contributed by atoms with Crippen molar-refractivity contribution in [3.05, 3.63) is 77.9 Å². The molecule has 1 aliphatic rings. The summed E-state index contributed by atoms with van der Waals surface area (Å²) in [4.78, 5) is 24.8. The molecule has 3 aromatic rings. The number of carboxylic acids is 1. The molecule has 1 amide bonds. The van der Waals surface area contributed by atoms with Gasteiger partial charge >= 0.3 is 12.1 Å². The Morgan fingerprint density at radius 1 is 1.02 bits per heavy atom. The largest absolute Gasteiger partial charge is 0.480 e. The lowest BCUT2D eigenvalue weighted by molar-refractivity contribution is -0.146. The molecule has 15 heteroatoms. The molecular formula is C26H31F3N6O5S. The summed E-state index contributed by atoms with van der Waals surface area (Å²) >= 11 is 0. The van der Waals surface area contributed by atoms with Crippen LogP contribution in [0.4, 0.5) is 13.2 Å². The Labute approximate surface area is 235 Å². The number of carbonyl (C=O) groups excluding carboxylic acids is 1. The van der Waals surface area contributed by atoms with Crippen molar-refractivity contribution in [1.29, 1.82) is 0 Å². The number of piperazine rings is 1. The zero-order valence-electron chi connectivity index (χ0n) is 22.4. The minimum absolute atomic E-state index is 0.0788. The molecule has 0 radical (unpaired) electrons. The van der Waals surface area contributed by atoms with Crippen molar-refractivity contribution >= 4 is 21.9 Å². The summed E-state index contributed by atoms with van der Waals surface area (Å²) in [6.07, 6.45) is -2.03. The summed E-state index contributed by atoms with van der Waals surface area (Å²) in [6.45, 7) is 4.06. The van der Waals surface area contributed by atoms with Crippen LogP contribution >= 0.6 is 0 Å². The number of alkyl halides is 3. The number of sulfonamides is 1. The molecule has 1 saturated heterocycles. The molecule has 1 fully saturated rings. The van der Waals surface area contributed by atoms with Gasteiger partial charge in [-0.3, -0.25) is 9.59 Å². The number of nitrogens with two attached hydrogens (primary N) is 1. The minimum Gasteiger partial charge on any atom is -0.480 e. The standard InChI is InChI=1S/C16H16F3N5O5S.C10H15N/c17-16(18,19)11-1-3-12(4-2-11)30(28,29)24-6-5-23(7-13(24)15(26)27)14(25)8-22-9-20-21-10-22;1-8(2)10-5-3-9(7-11)4-6-10/h1-4,9-10,13H,5-8H2,(H,26,27);3-6,8H,7,11H2,1-2H3/t13-;/m1./s1. The topological polar surface area (TPSA) is 152 Å². The Morgan fingerprint density at radius 3 is 2.10 bits per heavy atom. The lowest BCUT2D eigenvalue weighted by atomic mass is 10.0. The number of carboxylic acid groups (broad SMARTS) is 1. The van der Waals surface area contributed by atoms with Crippen LogP contribution in [-0.4, -0.2) is 75.0 Å². The van der Waals surface area contributed by atoms with Gasteiger partial charge in [0, 0.05) is 26.2 Å². The van der Waals surface area contributed by atoms with Crippen LogP contribution in [-0.2, 0) is 38.9 Å². The van der Waals surface area contributed by atoms with Gasteiger partial charge in [-0.05, 0) is 41.3 Å². The number of hydrogen-bond donors (Lipinski definition) is 2. The Hall–Kier alpha value is -3.82. The molecule has 0 unspecified atom stereocenters. The van der Waals surface area contributed by atoms with Gasteiger partial charge in [0.1, 0.15) is 25.2 Å². The fraction of sp³-hybridized carbons (Fsp3) is 0.385. The molecule has 1 aromatic heterocycles. The van der Waals surface area contributed by atoms with Crippen LogP contribution in [0.3, 0.4) is 0 Å². The van der Waals surface area contributed by atoms with Crippen LogP contribution in [0.5, 0.6) is 0 Å². The first kappa shape index (κ1) is 31.7. The maximum absolute atomic E-state index is 12.9. The number of carbonyl (C=O) groups is 2. The number of benzene rings is 2. The molecule has 0 saturated carbocycles. The van der Waals surface area contributed by atoms with Gasteiger partial charge in [0.2, 0.25) is 15.9 Å². The zero-order chi connectivity index (χ0) is 30.4. The summed E-state index contributed by atoms with van der Waals surface area (Å²) in [7, 11) is -4.40. The highest BCUT2D eigenvalue weighted by Gasteiger charge is 2.41. The van der Waals surface area contributed by atoms with Crippen LogP contribution < -0.4 is 5.73 Å². The first-order valence-electron chi connectivity index (χ1n) is 12.5. The Bertz CT molecular complexity index is 1410. The Morgan fingerprint density at radius 2 is 1.61 bits per heavy atom. The second-order valence-corrected chi connectivity index (χ2v) is 11.5. The van der Waals surface area contributed by atoms with Gasteiger partial charge in [0.25, 0.3) is 0 Å². The first-order valence-corrected chi connectivity index (χ1v) is 14.0. The molecule has 41 heavy (non-hydrogen) atoms. The maximum atomic E-state index is 12.9. The minimum atomic E-state index is -4.64. The van der Waals surface area contributed by atoms with Gasteiger partial charge in [-0.2, -0.15) is 17.5 Å². The second kappa shape index (κ2) is 13.2. The lowest BCUT2D eigenvalue weighted by Gasteiger charge is -2.38. The van der Waals surface area contributed by atoms with Crippen LogP contribution in [0, 0.1) is 0 Å². The third kappa shape index (κ3) is 8.11. The Kier molecular flexibility index (Phi) is 10.2. The summed E-state index contributed by atoms with van der Waals surface area (Å²) in [5.41, 5.74) is 7.03. The fourth-order valence-electron chi connectivity index (χ4n) is 4.03. The summed E-state index contributed by atoms with van der Waals surface area (Å²) < 4.78 is 65.9. The SMILES string of the molecule is CC(C)c1ccc(CN)cc1.O=C(O)[C@H]1CN(C(=O)Cn2cnnc2)CCN1S(=O)(=O)c1ccc(C(F)(F)F)cc1. The maximum Gasteiger partial charge on any atom is 0.416 e. The van der Waals surface area contributed by atoms with Crippen molar-refractivity contribution in [2.45, 2.75) is 50.0 Å². The van der Waals surface area contributed by atoms with Gasteiger partial charge in [-0.15, -0.1) is 10.2 Å². The van der Waals surface area contributed by atoms with E-state index in [2.05, 4.69) is 48.3 Å². The van der Waals surface area contributed by atoms with E-state index >= 15 is 0 Å². The van der Waals surface area contributed by atoms with E-state index in [-0.39, 0.29) is 19.6 Å². The molecule has 3 N–H and O–H groups in total. The van der Waals surface area contributed by atoms with Crippen molar-refractivity contribution in [2.75, 3.05) is 19.6 Å². The third-order valence-corrected chi connectivity index (χ3v) is 8.35. The predicted octanol–water partition coefficient (Wildman–Crippen LogP) is 2.55. The smallest absolute Gasteiger partial charge is 0.416 e. The predicted molar refractivity (Wildman–Crippen MR) is 142 cm³/mol. The summed E-state index contributed by atoms with van der Waals surface area (Å²) in [5.74, 6) is -1.32. The van der Waals surface area contributed by atoms with Gasteiger partial charge < -0.3 is 20.3 Å². The van der Waals surface area contributed by atoms with Crippen molar-refractivity contribution in [3.8, 4) is 0 Å². The third-order valence-electron chi connectivity index (χ3n) is 6.42. The van der Waals surface area contributed by atoms with E-state index in [1.165, 1.54) is 33.2 Å². The van der Waals surface area contributed by atoms with E-state index < -0.39 is 51.1 Å². The van der Waals surface area contributed by atoms with Gasteiger partial charge in [0.05, 0.1) is 10.5 Å². The van der Waals surface area contributed by atoms with Gasteiger partial charge in [0.15, 0.2) is 0 Å².